The molecule has 1 aliphatic heterocycles. The molecule has 2 N–H and O–H groups in total. The molecular formula is C18H28N2. The van der Waals surface area contributed by atoms with Crippen LogP contribution in [0.1, 0.15) is 54.8 Å². The minimum atomic E-state index is 0.551. The topological polar surface area (TPSA) is 29.3 Å². The van der Waals surface area contributed by atoms with Gasteiger partial charge in [0.2, 0.25) is 0 Å². The summed E-state index contributed by atoms with van der Waals surface area (Å²) >= 11 is 0. The highest BCUT2D eigenvalue weighted by Gasteiger charge is 2.39. The summed E-state index contributed by atoms with van der Waals surface area (Å²) in [6, 6.07) is 8.34. The summed E-state index contributed by atoms with van der Waals surface area (Å²) in [4.78, 5) is 2.78. The van der Waals surface area contributed by atoms with Crippen LogP contribution in [-0.4, -0.2) is 24.0 Å². The molecule has 2 atom stereocenters. The van der Waals surface area contributed by atoms with E-state index in [0.717, 1.165) is 12.6 Å². The first-order chi connectivity index (χ1) is 9.70. The Kier molecular flexibility index (Phi) is 4.13. The standard InChI is InChI=1S/C18H28N2/c1-13-6-9-17(14(2)11-13)18-15(12-19)5-3-4-10-20(18)16-7-8-16/h6,9,11,15-16,18H,3-5,7-8,10,12,19H2,1-2H3. The second-order valence-corrected chi connectivity index (χ2v) is 6.77. The fourth-order valence-corrected chi connectivity index (χ4v) is 3.92. The van der Waals surface area contributed by atoms with Crippen LogP contribution in [0, 0.1) is 19.8 Å². The van der Waals surface area contributed by atoms with Gasteiger partial charge in [-0.25, -0.2) is 0 Å². The van der Waals surface area contributed by atoms with E-state index in [1.807, 2.05) is 0 Å². The third kappa shape index (κ3) is 2.77. The number of rotatable bonds is 3. The van der Waals surface area contributed by atoms with Crippen molar-refractivity contribution in [1.29, 1.82) is 0 Å². The minimum absolute atomic E-state index is 0.551. The fourth-order valence-electron chi connectivity index (χ4n) is 3.92. The molecule has 2 nitrogen and oxygen atoms in total. The number of benzene rings is 1. The highest BCUT2D eigenvalue weighted by atomic mass is 15.2. The molecule has 20 heavy (non-hydrogen) atoms. The van der Waals surface area contributed by atoms with E-state index in [-0.39, 0.29) is 0 Å². The Bertz CT molecular complexity index is 464. The van der Waals surface area contributed by atoms with E-state index in [9.17, 15) is 0 Å². The summed E-state index contributed by atoms with van der Waals surface area (Å²) in [6.45, 7) is 6.54. The van der Waals surface area contributed by atoms with Gasteiger partial charge < -0.3 is 5.73 Å². The van der Waals surface area contributed by atoms with Crippen molar-refractivity contribution in [1.82, 2.24) is 4.90 Å². The number of hydrogen-bond donors (Lipinski definition) is 1. The average molecular weight is 272 g/mol. The summed E-state index contributed by atoms with van der Waals surface area (Å²) in [5.74, 6) is 0.625. The molecule has 2 heteroatoms. The second-order valence-electron chi connectivity index (χ2n) is 6.77. The number of nitrogens with zero attached hydrogens (tertiary/aromatic N) is 1. The van der Waals surface area contributed by atoms with Gasteiger partial charge >= 0.3 is 0 Å². The molecule has 1 saturated heterocycles. The van der Waals surface area contributed by atoms with Crippen LogP contribution in [0.25, 0.3) is 0 Å². The van der Waals surface area contributed by atoms with E-state index in [2.05, 4.69) is 36.9 Å². The Labute approximate surface area is 123 Å². The monoisotopic (exact) mass is 272 g/mol. The Morgan fingerprint density at radius 1 is 1.15 bits per heavy atom. The van der Waals surface area contributed by atoms with Gasteiger partial charge in [0.15, 0.2) is 0 Å². The quantitative estimate of drug-likeness (QED) is 0.911. The molecule has 110 valence electrons. The third-order valence-corrected chi connectivity index (χ3v) is 5.11. The zero-order chi connectivity index (χ0) is 14.1. The van der Waals surface area contributed by atoms with Crippen molar-refractivity contribution in [2.45, 2.75) is 58.0 Å². The van der Waals surface area contributed by atoms with Crippen molar-refractivity contribution < 1.29 is 0 Å². The summed E-state index contributed by atoms with van der Waals surface area (Å²) in [5, 5.41) is 0. The summed E-state index contributed by atoms with van der Waals surface area (Å²) in [6.07, 6.45) is 6.75. The zero-order valence-corrected chi connectivity index (χ0v) is 12.9. The molecule has 0 aromatic heterocycles. The number of hydrogen-bond acceptors (Lipinski definition) is 2. The Balaban J connectivity index is 1.98. The SMILES string of the molecule is Cc1ccc(C2C(CN)CCCCN2C2CC2)c(C)c1. The van der Waals surface area contributed by atoms with Gasteiger partial charge in [-0.15, -0.1) is 0 Å². The van der Waals surface area contributed by atoms with Gasteiger partial charge in [-0.3, -0.25) is 4.90 Å². The lowest BCUT2D eigenvalue weighted by molar-refractivity contribution is 0.148. The van der Waals surface area contributed by atoms with Crippen molar-refractivity contribution in [2.75, 3.05) is 13.1 Å². The van der Waals surface area contributed by atoms with E-state index >= 15 is 0 Å². The van der Waals surface area contributed by atoms with Gasteiger partial charge in [0.05, 0.1) is 0 Å². The maximum atomic E-state index is 6.14. The first-order valence-electron chi connectivity index (χ1n) is 8.23. The van der Waals surface area contributed by atoms with Gasteiger partial charge in [0.25, 0.3) is 0 Å². The Hall–Kier alpha value is -0.860. The van der Waals surface area contributed by atoms with Gasteiger partial charge in [-0.05, 0) is 69.7 Å². The lowest BCUT2D eigenvalue weighted by Crippen LogP contribution is -2.37. The van der Waals surface area contributed by atoms with E-state index in [1.165, 1.54) is 55.3 Å². The van der Waals surface area contributed by atoms with Crippen LogP contribution in [0.5, 0.6) is 0 Å². The van der Waals surface area contributed by atoms with Crippen molar-refractivity contribution in [2.24, 2.45) is 11.7 Å². The molecule has 2 fully saturated rings. The number of nitrogens with two attached hydrogens (primary N) is 1. The first-order valence-corrected chi connectivity index (χ1v) is 8.23. The van der Waals surface area contributed by atoms with Crippen LogP contribution in [0.15, 0.2) is 18.2 Å². The maximum Gasteiger partial charge on any atom is 0.0393 e. The molecule has 2 unspecified atom stereocenters. The molecule has 3 rings (SSSR count). The van der Waals surface area contributed by atoms with Gasteiger partial charge in [-0.1, -0.05) is 30.2 Å². The Morgan fingerprint density at radius 2 is 1.95 bits per heavy atom. The summed E-state index contributed by atoms with van der Waals surface area (Å²) in [7, 11) is 0. The molecule has 1 aliphatic carbocycles. The normalized spacial score (nSPS) is 28.4. The molecule has 1 saturated carbocycles. The average Bonchev–Trinajstić information content (AvgIpc) is 3.24. The van der Waals surface area contributed by atoms with E-state index in [0.29, 0.717) is 12.0 Å². The lowest BCUT2D eigenvalue weighted by Gasteiger charge is -2.36. The fraction of sp³-hybridized carbons (Fsp3) is 0.667. The second kappa shape index (κ2) is 5.87. The lowest BCUT2D eigenvalue weighted by atomic mass is 9.86. The van der Waals surface area contributed by atoms with Crippen molar-refractivity contribution in [3.8, 4) is 0 Å². The van der Waals surface area contributed by atoms with Gasteiger partial charge in [0, 0.05) is 12.1 Å². The van der Waals surface area contributed by atoms with Crippen molar-refractivity contribution in [3.63, 3.8) is 0 Å². The molecule has 0 spiro atoms. The molecule has 0 radical (unpaired) electrons. The maximum absolute atomic E-state index is 6.14. The summed E-state index contributed by atoms with van der Waals surface area (Å²) < 4.78 is 0. The molecule has 2 aliphatic rings. The van der Waals surface area contributed by atoms with Crippen LogP contribution in [0.4, 0.5) is 0 Å². The van der Waals surface area contributed by atoms with Crippen molar-refractivity contribution >= 4 is 0 Å². The van der Waals surface area contributed by atoms with E-state index in [4.69, 9.17) is 5.73 Å². The molecular weight excluding hydrogens is 244 g/mol. The highest BCUT2D eigenvalue weighted by molar-refractivity contribution is 5.34. The third-order valence-electron chi connectivity index (χ3n) is 5.11. The summed E-state index contributed by atoms with van der Waals surface area (Å²) in [5.41, 5.74) is 10.5. The molecule has 1 heterocycles. The molecule has 0 bridgehead atoms. The van der Waals surface area contributed by atoms with E-state index < -0.39 is 0 Å². The Morgan fingerprint density at radius 3 is 2.60 bits per heavy atom. The molecule has 1 aromatic rings. The minimum Gasteiger partial charge on any atom is -0.330 e. The largest absolute Gasteiger partial charge is 0.330 e. The molecule has 1 aromatic carbocycles. The smallest absolute Gasteiger partial charge is 0.0393 e. The van der Waals surface area contributed by atoms with Gasteiger partial charge in [0.1, 0.15) is 0 Å². The predicted molar refractivity (Wildman–Crippen MR) is 84.8 cm³/mol. The van der Waals surface area contributed by atoms with Crippen LogP contribution in [0.2, 0.25) is 0 Å². The molecule has 0 amide bonds. The van der Waals surface area contributed by atoms with Crippen LogP contribution in [-0.2, 0) is 0 Å². The predicted octanol–water partition coefficient (Wildman–Crippen LogP) is 3.57. The van der Waals surface area contributed by atoms with Crippen LogP contribution < -0.4 is 5.73 Å². The van der Waals surface area contributed by atoms with Crippen LogP contribution in [0.3, 0.4) is 0 Å². The zero-order valence-electron chi connectivity index (χ0n) is 12.9. The highest BCUT2D eigenvalue weighted by Crippen LogP contribution is 2.42. The van der Waals surface area contributed by atoms with E-state index in [1.54, 1.807) is 0 Å². The number of likely N-dealkylation sites (tertiary alicyclic amines) is 1. The van der Waals surface area contributed by atoms with Crippen LogP contribution >= 0.6 is 0 Å². The number of aryl methyl sites for hydroxylation is 2. The van der Waals surface area contributed by atoms with Gasteiger partial charge in [-0.2, -0.15) is 0 Å². The van der Waals surface area contributed by atoms with Crippen molar-refractivity contribution in [3.05, 3.63) is 34.9 Å². The first kappa shape index (κ1) is 14.1.